The van der Waals surface area contributed by atoms with E-state index in [0.29, 0.717) is 16.5 Å². The van der Waals surface area contributed by atoms with Crippen molar-refractivity contribution in [2.45, 2.75) is 19.8 Å². The summed E-state index contributed by atoms with van der Waals surface area (Å²) >= 11 is 9.52. The largest absolute Gasteiger partial charge is 0.338 e. The van der Waals surface area contributed by atoms with Gasteiger partial charge in [0.2, 0.25) is 0 Å². The SMILES string of the molecule is Cc1ccc(C(=O)N2CCC(CCBr)C2)cc1Cl. The van der Waals surface area contributed by atoms with Gasteiger partial charge < -0.3 is 4.90 Å². The molecule has 0 spiro atoms. The van der Waals surface area contributed by atoms with Gasteiger partial charge in [0.05, 0.1) is 0 Å². The van der Waals surface area contributed by atoms with Crippen molar-refractivity contribution in [1.29, 1.82) is 0 Å². The molecule has 1 atom stereocenters. The van der Waals surface area contributed by atoms with Crippen molar-refractivity contribution >= 4 is 33.4 Å². The van der Waals surface area contributed by atoms with Crippen LogP contribution in [0.1, 0.15) is 28.8 Å². The van der Waals surface area contributed by atoms with Gasteiger partial charge in [-0.05, 0) is 43.4 Å². The summed E-state index contributed by atoms with van der Waals surface area (Å²) in [6.45, 7) is 3.68. The van der Waals surface area contributed by atoms with Crippen molar-refractivity contribution in [2.24, 2.45) is 5.92 Å². The van der Waals surface area contributed by atoms with Crippen molar-refractivity contribution in [3.8, 4) is 0 Å². The Kier molecular flexibility index (Phi) is 4.68. The highest BCUT2D eigenvalue weighted by Crippen LogP contribution is 2.23. The number of carbonyl (C=O) groups excluding carboxylic acids is 1. The molecule has 98 valence electrons. The predicted octanol–water partition coefficient (Wildman–Crippen LogP) is 3.90. The number of hydrogen-bond donors (Lipinski definition) is 0. The van der Waals surface area contributed by atoms with Crippen LogP contribution >= 0.6 is 27.5 Å². The van der Waals surface area contributed by atoms with Crippen molar-refractivity contribution in [3.63, 3.8) is 0 Å². The standard InChI is InChI=1S/C14H17BrClNO/c1-10-2-3-12(8-13(10)16)14(18)17-7-5-11(9-17)4-6-15/h2-3,8,11H,4-7,9H2,1H3. The summed E-state index contributed by atoms with van der Waals surface area (Å²) in [7, 11) is 0. The molecule has 0 N–H and O–H groups in total. The highest BCUT2D eigenvalue weighted by atomic mass is 79.9. The number of benzene rings is 1. The van der Waals surface area contributed by atoms with Crippen molar-refractivity contribution in [2.75, 3.05) is 18.4 Å². The Balaban J connectivity index is 2.05. The second-order valence-corrected chi connectivity index (χ2v) is 6.05. The fraction of sp³-hybridized carbons (Fsp3) is 0.500. The van der Waals surface area contributed by atoms with E-state index in [1.54, 1.807) is 6.07 Å². The number of amides is 1. The Bertz CT molecular complexity index is 449. The second-order valence-electron chi connectivity index (χ2n) is 4.85. The van der Waals surface area contributed by atoms with Crippen LogP contribution in [0.3, 0.4) is 0 Å². The molecule has 18 heavy (non-hydrogen) atoms. The Morgan fingerprint density at radius 3 is 3.00 bits per heavy atom. The fourth-order valence-corrected chi connectivity index (χ4v) is 3.14. The Hall–Kier alpha value is -0.540. The monoisotopic (exact) mass is 329 g/mol. The normalized spacial score (nSPS) is 19.3. The minimum Gasteiger partial charge on any atom is -0.338 e. The van der Waals surface area contributed by atoms with Gasteiger partial charge in [0, 0.05) is 29.0 Å². The molecule has 1 heterocycles. The molecule has 1 aliphatic rings. The van der Waals surface area contributed by atoms with Crippen LogP contribution in [0.25, 0.3) is 0 Å². The summed E-state index contributed by atoms with van der Waals surface area (Å²) in [5, 5.41) is 1.67. The molecule has 4 heteroatoms. The minimum absolute atomic E-state index is 0.106. The summed E-state index contributed by atoms with van der Waals surface area (Å²) in [5.74, 6) is 0.739. The van der Waals surface area contributed by atoms with E-state index in [2.05, 4.69) is 15.9 Å². The number of alkyl halides is 1. The molecule has 0 radical (unpaired) electrons. The first-order valence-corrected chi connectivity index (χ1v) is 7.73. The highest BCUT2D eigenvalue weighted by molar-refractivity contribution is 9.09. The molecule has 1 aromatic carbocycles. The zero-order valence-electron chi connectivity index (χ0n) is 10.5. The molecule has 0 aliphatic carbocycles. The van der Waals surface area contributed by atoms with E-state index in [-0.39, 0.29) is 5.91 Å². The minimum atomic E-state index is 0.106. The Morgan fingerprint density at radius 2 is 2.33 bits per heavy atom. The lowest BCUT2D eigenvalue weighted by molar-refractivity contribution is 0.0787. The summed E-state index contributed by atoms with van der Waals surface area (Å²) in [6.07, 6.45) is 2.25. The molecule has 2 nitrogen and oxygen atoms in total. The van der Waals surface area contributed by atoms with Crippen molar-refractivity contribution < 1.29 is 4.79 Å². The van der Waals surface area contributed by atoms with E-state index in [1.165, 1.54) is 0 Å². The first kappa shape index (κ1) is 13.9. The predicted molar refractivity (Wildman–Crippen MR) is 78.6 cm³/mol. The van der Waals surface area contributed by atoms with E-state index in [9.17, 15) is 4.79 Å². The fourth-order valence-electron chi connectivity index (χ4n) is 2.32. The number of halogens is 2. The highest BCUT2D eigenvalue weighted by Gasteiger charge is 2.26. The number of hydrogen-bond acceptors (Lipinski definition) is 1. The molecule has 2 rings (SSSR count). The quantitative estimate of drug-likeness (QED) is 0.770. The molecule has 0 saturated carbocycles. The van der Waals surface area contributed by atoms with E-state index in [4.69, 9.17) is 11.6 Å². The van der Waals surface area contributed by atoms with Crippen LogP contribution in [0.5, 0.6) is 0 Å². The zero-order chi connectivity index (χ0) is 13.1. The van der Waals surface area contributed by atoms with Crippen LogP contribution in [-0.4, -0.2) is 29.2 Å². The summed E-state index contributed by atoms with van der Waals surface area (Å²) in [5.41, 5.74) is 1.71. The van der Waals surface area contributed by atoms with E-state index >= 15 is 0 Å². The zero-order valence-corrected chi connectivity index (χ0v) is 12.8. The van der Waals surface area contributed by atoms with Crippen LogP contribution in [0.4, 0.5) is 0 Å². The summed E-state index contributed by atoms with van der Waals surface area (Å²) in [6, 6.07) is 5.54. The third-order valence-corrected chi connectivity index (χ3v) is 4.37. The molecule has 0 bridgehead atoms. The van der Waals surface area contributed by atoms with Gasteiger partial charge in [0.1, 0.15) is 0 Å². The number of aryl methyl sites for hydroxylation is 1. The van der Waals surface area contributed by atoms with Gasteiger partial charge in [-0.15, -0.1) is 0 Å². The van der Waals surface area contributed by atoms with Gasteiger partial charge in [0.15, 0.2) is 0 Å². The van der Waals surface area contributed by atoms with Gasteiger partial charge in [-0.3, -0.25) is 4.79 Å². The molecule has 1 unspecified atom stereocenters. The molecule has 1 amide bonds. The first-order chi connectivity index (χ1) is 8.61. The van der Waals surface area contributed by atoms with Gasteiger partial charge in [-0.1, -0.05) is 33.6 Å². The topological polar surface area (TPSA) is 20.3 Å². The van der Waals surface area contributed by atoms with Crippen molar-refractivity contribution in [1.82, 2.24) is 4.90 Å². The lowest BCUT2D eigenvalue weighted by Gasteiger charge is -2.16. The number of carbonyl (C=O) groups is 1. The van der Waals surface area contributed by atoms with Crippen LogP contribution in [0, 0.1) is 12.8 Å². The van der Waals surface area contributed by atoms with Gasteiger partial charge in [-0.25, -0.2) is 0 Å². The lowest BCUT2D eigenvalue weighted by atomic mass is 10.1. The molecule has 1 aliphatic heterocycles. The maximum Gasteiger partial charge on any atom is 0.253 e. The second kappa shape index (κ2) is 6.07. The summed E-state index contributed by atoms with van der Waals surface area (Å²) in [4.78, 5) is 14.3. The van der Waals surface area contributed by atoms with Crippen LogP contribution in [0.2, 0.25) is 5.02 Å². The maximum atomic E-state index is 12.3. The smallest absolute Gasteiger partial charge is 0.253 e. The van der Waals surface area contributed by atoms with Gasteiger partial charge in [0.25, 0.3) is 5.91 Å². The van der Waals surface area contributed by atoms with E-state index < -0.39 is 0 Å². The molecular formula is C14H17BrClNO. The van der Waals surface area contributed by atoms with Crippen LogP contribution < -0.4 is 0 Å². The molecule has 0 aromatic heterocycles. The molecule has 1 saturated heterocycles. The molecule has 1 aromatic rings. The Labute approximate surface area is 121 Å². The lowest BCUT2D eigenvalue weighted by Crippen LogP contribution is -2.28. The maximum absolute atomic E-state index is 12.3. The third kappa shape index (κ3) is 3.07. The van der Waals surface area contributed by atoms with Crippen molar-refractivity contribution in [3.05, 3.63) is 34.3 Å². The third-order valence-electron chi connectivity index (χ3n) is 3.51. The first-order valence-electron chi connectivity index (χ1n) is 6.23. The summed E-state index contributed by atoms with van der Waals surface area (Å²) < 4.78 is 0. The van der Waals surface area contributed by atoms with Gasteiger partial charge in [-0.2, -0.15) is 0 Å². The van der Waals surface area contributed by atoms with Crippen LogP contribution in [0.15, 0.2) is 18.2 Å². The molecular weight excluding hydrogens is 314 g/mol. The number of rotatable bonds is 3. The average molecular weight is 331 g/mol. The van der Waals surface area contributed by atoms with E-state index in [0.717, 1.165) is 36.8 Å². The number of likely N-dealkylation sites (tertiary alicyclic amines) is 1. The molecule has 1 fully saturated rings. The van der Waals surface area contributed by atoms with Gasteiger partial charge >= 0.3 is 0 Å². The average Bonchev–Trinajstić information content (AvgIpc) is 2.81. The Morgan fingerprint density at radius 1 is 1.56 bits per heavy atom. The van der Waals surface area contributed by atoms with E-state index in [1.807, 2.05) is 24.0 Å². The number of nitrogens with zero attached hydrogens (tertiary/aromatic N) is 1. The van der Waals surface area contributed by atoms with Crippen LogP contribution in [-0.2, 0) is 0 Å².